The summed E-state index contributed by atoms with van der Waals surface area (Å²) in [4.78, 5) is 31.5. The lowest BCUT2D eigenvalue weighted by atomic mass is 10.1. The Kier molecular flexibility index (Phi) is 9.40. The molecule has 2 heterocycles. The Morgan fingerprint density at radius 3 is 2.48 bits per heavy atom. The molecule has 0 radical (unpaired) electrons. The van der Waals surface area contributed by atoms with Gasteiger partial charge in [0.2, 0.25) is 0 Å². The number of hydrogen-bond acceptors (Lipinski definition) is 6. The lowest BCUT2D eigenvalue weighted by Gasteiger charge is -2.36. The van der Waals surface area contributed by atoms with Crippen LogP contribution in [0.5, 0.6) is 11.5 Å². The number of nitrogens with zero attached hydrogens (tertiary/aromatic N) is 3. The number of ether oxygens (including phenoxy) is 2. The molecule has 1 N–H and O–H groups in total. The highest BCUT2D eigenvalue weighted by Crippen LogP contribution is 2.34. The van der Waals surface area contributed by atoms with Gasteiger partial charge in [-0.3, -0.25) is 14.6 Å². The van der Waals surface area contributed by atoms with E-state index in [0.717, 1.165) is 69.7 Å². The predicted molar refractivity (Wildman–Crippen MR) is 158 cm³/mol. The van der Waals surface area contributed by atoms with Gasteiger partial charge >= 0.3 is 6.03 Å². The molecule has 1 saturated carbocycles. The van der Waals surface area contributed by atoms with E-state index in [0.29, 0.717) is 28.1 Å². The highest BCUT2D eigenvalue weighted by molar-refractivity contribution is 6.43. The Balaban J connectivity index is 1.10. The molecule has 2 aromatic carbocycles. The molecule has 5 rings (SSSR count). The fourth-order valence-electron chi connectivity index (χ4n) is 5.56. The summed E-state index contributed by atoms with van der Waals surface area (Å²) in [5, 5.41) is 3.91. The van der Waals surface area contributed by atoms with Gasteiger partial charge < -0.3 is 19.7 Å². The number of rotatable bonds is 10. The van der Waals surface area contributed by atoms with Gasteiger partial charge in [0.25, 0.3) is 5.91 Å². The summed E-state index contributed by atoms with van der Waals surface area (Å²) in [7, 11) is 1.62. The zero-order chi connectivity index (χ0) is 28.1. The first-order chi connectivity index (χ1) is 19.4. The largest absolute Gasteiger partial charge is 0.493 e. The number of urea groups is 1. The van der Waals surface area contributed by atoms with E-state index in [1.165, 1.54) is 17.7 Å². The maximum atomic E-state index is 13.0. The standard InChI is InChI=1S/C30H36Cl2N4O4/c1-39-26-12-11-21(20-27(26)40-22-7-2-3-8-22)19-24-29(37)36(30(38)33-24)14-5-4-13-34-15-17-35(18-16-34)25-10-6-9-23(31)28(25)32/h6,9-12,19-20,22H,2-5,7-8,13-18H2,1H3,(H,33,38)/b24-19-. The van der Waals surface area contributed by atoms with Crippen molar-refractivity contribution in [1.82, 2.24) is 15.1 Å². The highest BCUT2D eigenvalue weighted by atomic mass is 35.5. The van der Waals surface area contributed by atoms with Crippen molar-refractivity contribution in [2.75, 3.05) is 51.3 Å². The number of piperazine rings is 1. The molecule has 0 atom stereocenters. The van der Waals surface area contributed by atoms with Crippen molar-refractivity contribution in [3.05, 3.63) is 57.7 Å². The first-order valence-electron chi connectivity index (χ1n) is 14.0. The third-order valence-electron chi connectivity index (χ3n) is 7.81. The van der Waals surface area contributed by atoms with Crippen LogP contribution in [0.3, 0.4) is 0 Å². The molecule has 3 amide bonds. The summed E-state index contributed by atoms with van der Waals surface area (Å²) in [6.07, 6.45) is 7.94. The Hall–Kier alpha value is -2.94. The second-order valence-corrected chi connectivity index (χ2v) is 11.3. The van der Waals surface area contributed by atoms with Crippen LogP contribution >= 0.6 is 23.2 Å². The molecule has 8 nitrogen and oxygen atoms in total. The molecule has 2 aromatic rings. The van der Waals surface area contributed by atoms with E-state index < -0.39 is 0 Å². The van der Waals surface area contributed by atoms with E-state index in [1.807, 2.05) is 30.3 Å². The van der Waals surface area contributed by atoms with Gasteiger partial charge in [0.15, 0.2) is 11.5 Å². The Labute approximate surface area is 245 Å². The molecule has 40 heavy (non-hydrogen) atoms. The highest BCUT2D eigenvalue weighted by Gasteiger charge is 2.33. The summed E-state index contributed by atoms with van der Waals surface area (Å²) >= 11 is 12.6. The van der Waals surface area contributed by atoms with Gasteiger partial charge in [-0.2, -0.15) is 0 Å². The minimum atomic E-state index is -0.376. The fraction of sp³-hybridized carbons (Fsp3) is 0.467. The fourth-order valence-corrected chi connectivity index (χ4v) is 5.97. The van der Waals surface area contributed by atoms with E-state index in [4.69, 9.17) is 32.7 Å². The number of imide groups is 1. The molecule has 2 aliphatic heterocycles. The molecule has 214 valence electrons. The normalized spacial score (nSPS) is 19.5. The molecule has 0 unspecified atom stereocenters. The molecular weight excluding hydrogens is 551 g/mol. The number of unbranched alkanes of at least 4 members (excludes halogenated alkanes) is 1. The zero-order valence-corrected chi connectivity index (χ0v) is 24.3. The van der Waals surface area contributed by atoms with Gasteiger partial charge in [-0.25, -0.2) is 4.79 Å². The van der Waals surface area contributed by atoms with E-state index in [2.05, 4.69) is 15.1 Å². The van der Waals surface area contributed by atoms with Crippen molar-refractivity contribution < 1.29 is 19.1 Å². The van der Waals surface area contributed by atoms with Crippen LogP contribution < -0.4 is 19.7 Å². The number of anilines is 1. The van der Waals surface area contributed by atoms with Crippen LogP contribution in [0.4, 0.5) is 10.5 Å². The Bertz CT molecular complexity index is 1260. The number of methoxy groups -OCH3 is 1. The van der Waals surface area contributed by atoms with E-state index in [1.54, 1.807) is 19.3 Å². The minimum absolute atomic E-state index is 0.186. The van der Waals surface area contributed by atoms with Gasteiger partial charge in [0.05, 0.1) is 28.9 Å². The smallest absolute Gasteiger partial charge is 0.329 e. The molecule has 1 aliphatic carbocycles. The van der Waals surface area contributed by atoms with E-state index in [9.17, 15) is 9.59 Å². The zero-order valence-electron chi connectivity index (χ0n) is 22.8. The van der Waals surface area contributed by atoms with Crippen LogP contribution in [0.1, 0.15) is 44.1 Å². The van der Waals surface area contributed by atoms with Crippen molar-refractivity contribution in [1.29, 1.82) is 0 Å². The summed E-state index contributed by atoms with van der Waals surface area (Å²) in [6.45, 7) is 4.90. The number of hydrogen-bond donors (Lipinski definition) is 1. The molecule has 2 saturated heterocycles. The lowest BCUT2D eigenvalue weighted by molar-refractivity contribution is -0.122. The van der Waals surface area contributed by atoms with Gasteiger partial charge in [-0.1, -0.05) is 35.3 Å². The van der Waals surface area contributed by atoms with Crippen LogP contribution in [-0.4, -0.2) is 74.2 Å². The van der Waals surface area contributed by atoms with Crippen LogP contribution in [0.2, 0.25) is 10.0 Å². The maximum Gasteiger partial charge on any atom is 0.329 e. The van der Waals surface area contributed by atoms with Crippen LogP contribution in [0, 0.1) is 0 Å². The Morgan fingerprint density at radius 2 is 1.73 bits per heavy atom. The molecule has 10 heteroatoms. The van der Waals surface area contributed by atoms with Gasteiger partial charge in [0, 0.05) is 32.7 Å². The first kappa shape index (κ1) is 28.6. The van der Waals surface area contributed by atoms with Crippen molar-refractivity contribution >= 4 is 46.9 Å². The van der Waals surface area contributed by atoms with Crippen molar-refractivity contribution in [2.24, 2.45) is 0 Å². The Morgan fingerprint density at radius 1 is 0.975 bits per heavy atom. The molecule has 0 aromatic heterocycles. The number of benzene rings is 2. The van der Waals surface area contributed by atoms with Crippen molar-refractivity contribution in [3.8, 4) is 11.5 Å². The molecule has 3 fully saturated rings. The van der Waals surface area contributed by atoms with Gasteiger partial charge in [-0.05, 0) is 81.0 Å². The maximum absolute atomic E-state index is 13.0. The first-order valence-corrected chi connectivity index (χ1v) is 14.8. The SMILES string of the molecule is COc1ccc(/C=C2\NC(=O)N(CCCCN3CCN(c4cccc(Cl)c4Cl)CC3)C2=O)cc1OC1CCCC1. The second-order valence-electron chi connectivity index (χ2n) is 10.5. The molecule has 0 spiro atoms. The summed E-state index contributed by atoms with van der Waals surface area (Å²) in [5.41, 5.74) is 2.03. The van der Waals surface area contributed by atoms with Gasteiger partial charge in [-0.15, -0.1) is 0 Å². The number of halogens is 2. The lowest BCUT2D eigenvalue weighted by Crippen LogP contribution is -2.46. The van der Waals surface area contributed by atoms with E-state index >= 15 is 0 Å². The number of carbonyl (C=O) groups excluding carboxylic acids is 2. The topological polar surface area (TPSA) is 74.4 Å². The summed E-state index contributed by atoms with van der Waals surface area (Å²) in [5.74, 6) is 1.02. The summed E-state index contributed by atoms with van der Waals surface area (Å²) < 4.78 is 11.6. The molecule has 0 bridgehead atoms. The quantitative estimate of drug-likeness (QED) is 0.215. The number of nitrogens with one attached hydrogen (secondary N) is 1. The monoisotopic (exact) mass is 586 g/mol. The number of carbonyl (C=O) groups is 2. The third-order valence-corrected chi connectivity index (χ3v) is 8.62. The molecular formula is C30H36Cl2N4O4. The minimum Gasteiger partial charge on any atom is -0.493 e. The average molecular weight is 588 g/mol. The second kappa shape index (κ2) is 13.1. The van der Waals surface area contributed by atoms with Crippen molar-refractivity contribution in [3.63, 3.8) is 0 Å². The van der Waals surface area contributed by atoms with Gasteiger partial charge in [0.1, 0.15) is 5.70 Å². The third kappa shape index (κ3) is 6.67. The average Bonchev–Trinajstić information content (AvgIpc) is 3.56. The number of amides is 3. The van der Waals surface area contributed by atoms with Crippen LogP contribution in [0.15, 0.2) is 42.1 Å². The van der Waals surface area contributed by atoms with Crippen LogP contribution in [-0.2, 0) is 4.79 Å². The van der Waals surface area contributed by atoms with Crippen LogP contribution in [0.25, 0.3) is 6.08 Å². The van der Waals surface area contributed by atoms with Crippen molar-refractivity contribution in [2.45, 2.75) is 44.6 Å². The van der Waals surface area contributed by atoms with E-state index in [-0.39, 0.29) is 23.7 Å². The predicted octanol–water partition coefficient (Wildman–Crippen LogP) is 5.82. The molecule has 3 aliphatic rings. The summed E-state index contributed by atoms with van der Waals surface area (Å²) in [6, 6.07) is 10.9.